The molecule has 2 rings (SSSR count). The number of aromatic carboxylic acids is 1. The van der Waals surface area contributed by atoms with E-state index in [1.165, 1.54) is 6.07 Å². The fourth-order valence-electron chi connectivity index (χ4n) is 2.47. The predicted molar refractivity (Wildman–Crippen MR) is 68.5 cm³/mol. The molecule has 0 aromatic carbocycles. The number of carboxylic acid groups (broad SMARTS) is 1. The molecule has 1 aromatic heterocycles. The van der Waals surface area contributed by atoms with E-state index in [0.717, 1.165) is 32.0 Å². The lowest BCUT2D eigenvalue weighted by atomic mass is 10.1. The quantitative estimate of drug-likeness (QED) is 0.661. The minimum absolute atomic E-state index is 0.309. The molecule has 0 bridgehead atoms. The monoisotopic (exact) mass is 265 g/mol. The van der Waals surface area contributed by atoms with Crippen LogP contribution in [-0.2, 0) is 0 Å². The number of pyridine rings is 1. The molecule has 0 saturated carbocycles. The molecule has 1 atom stereocenters. The first-order valence-corrected chi connectivity index (χ1v) is 6.19. The number of nitrogens with zero attached hydrogens (tertiary/aromatic N) is 3. The van der Waals surface area contributed by atoms with Gasteiger partial charge in [0.25, 0.3) is 0 Å². The number of rotatable bonds is 4. The first kappa shape index (κ1) is 13.3. The Labute approximate surface area is 110 Å². The highest BCUT2D eigenvalue weighted by Crippen LogP contribution is 2.28. The lowest BCUT2D eigenvalue weighted by Gasteiger charge is -2.24. The summed E-state index contributed by atoms with van der Waals surface area (Å²) in [6.45, 7) is 2.87. The summed E-state index contributed by atoms with van der Waals surface area (Å²) in [5.41, 5.74) is -0.778. The van der Waals surface area contributed by atoms with Gasteiger partial charge in [0.2, 0.25) is 0 Å². The van der Waals surface area contributed by atoms with Gasteiger partial charge in [-0.3, -0.25) is 10.1 Å². The first-order chi connectivity index (χ1) is 9.04. The van der Waals surface area contributed by atoms with Crippen molar-refractivity contribution in [2.24, 2.45) is 0 Å². The van der Waals surface area contributed by atoms with Gasteiger partial charge in [-0.1, -0.05) is 6.92 Å². The molecule has 1 saturated heterocycles. The minimum Gasteiger partial charge on any atom is -0.477 e. The number of hydrogen-bond acceptors (Lipinski definition) is 5. The van der Waals surface area contributed by atoms with Gasteiger partial charge in [0.05, 0.1) is 4.92 Å². The van der Waals surface area contributed by atoms with Crippen molar-refractivity contribution in [3.8, 4) is 0 Å². The Morgan fingerprint density at radius 2 is 2.42 bits per heavy atom. The standard InChI is InChI=1S/C12H15N3O4/c1-2-8-4-3-5-14(8)11-6-9(12(16)17)10(7-13-11)15(18)19/h6-8H,2-5H2,1H3,(H,16,17). The zero-order valence-corrected chi connectivity index (χ0v) is 10.6. The fraction of sp³-hybridized carbons (Fsp3) is 0.500. The first-order valence-electron chi connectivity index (χ1n) is 6.19. The van der Waals surface area contributed by atoms with Crippen molar-refractivity contribution in [3.63, 3.8) is 0 Å². The third-order valence-electron chi connectivity index (χ3n) is 3.44. The summed E-state index contributed by atoms with van der Waals surface area (Å²) in [6, 6.07) is 1.63. The van der Waals surface area contributed by atoms with Gasteiger partial charge in [0, 0.05) is 18.7 Å². The van der Waals surface area contributed by atoms with Gasteiger partial charge in [-0.25, -0.2) is 9.78 Å². The van der Waals surface area contributed by atoms with Crippen LogP contribution in [0.25, 0.3) is 0 Å². The Morgan fingerprint density at radius 3 is 3.00 bits per heavy atom. The van der Waals surface area contributed by atoms with E-state index in [-0.39, 0.29) is 5.56 Å². The van der Waals surface area contributed by atoms with Gasteiger partial charge in [-0.05, 0) is 19.3 Å². The van der Waals surface area contributed by atoms with Gasteiger partial charge in [-0.2, -0.15) is 0 Å². The maximum Gasteiger partial charge on any atom is 0.342 e. The second-order valence-corrected chi connectivity index (χ2v) is 4.52. The van der Waals surface area contributed by atoms with E-state index in [4.69, 9.17) is 5.11 Å². The molecule has 1 fully saturated rings. The van der Waals surface area contributed by atoms with E-state index in [0.29, 0.717) is 11.9 Å². The highest BCUT2D eigenvalue weighted by atomic mass is 16.6. The molecular formula is C12H15N3O4. The van der Waals surface area contributed by atoms with Crippen molar-refractivity contribution in [1.29, 1.82) is 0 Å². The van der Waals surface area contributed by atoms with Gasteiger partial charge < -0.3 is 10.0 Å². The summed E-state index contributed by atoms with van der Waals surface area (Å²) in [6.07, 6.45) is 4.04. The average molecular weight is 265 g/mol. The summed E-state index contributed by atoms with van der Waals surface area (Å²) >= 11 is 0. The molecular weight excluding hydrogens is 250 g/mol. The number of nitro groups is 1. The maximum absolute atomic E-state index is 11.1. The van der Waals surface area contributed by atoms with E-state index in [2.05, 4.69) is 11.9 Å². The summed E-state index contributed by atoms with van der Waals surface area (Å²) in [5, 5.41) is 19.8. The van der Waals surface area contributed by atoms with Crippen molar-refractivity contribution >= 4 is 17.5 Å². The molecule has 102 valence electrons. The molecule has 0 spiro atoms. The Kier molecular flexibility index (Phi) is 3.64. The van der Waals surface area contributed by atoms with E-state index in [1.54, 1.807) is 0 Å². The number of carbonyl (C=O) groups is 1. The maximum atomic E-state index is 11.1. The number of carboxylic acids is 1. The highest BCUT2D eigenvalue weighted by Gasteiger charge is 2.27. The summed E-state index contributed by atoms with van der Waals surface area (Å²) in [5.74, 6) is -0.796. The SMILES string of the molecule is CCC1CCCN1c1cc(C(=O)O)c([N+](=O)[O-])cn1. The van der Waals surface area contributed by atoms with Crippen LogP contribution in [0.4, 0.5) is 11.5 Å². The number of hydrogen-bond donors (Lipinski definition) is 1. The number of aromatic nitrogens is 1. The van der Waals surface area contributed by atoms with Crippen LogP contribution in [0.15, 0.2) is 12.3 Å². The molecule has 7 nitrogen and oxygen atoms in total. The van der Waals surface area contributed by atoms with Crippen molar-refractivity contribution in [1.82, 2.24) is 4.98 Å². The average Bonchev–Trinajstić information content (AvgIpc) is 2.86. The molecule has 1 aliphatic heterocycles. The summed E-state index contributed by atoms with van der Waals surface area (Å²) in [7, 11) is 0. The van der Waals surface area contributed by atoms with Crippen LogP contribution in [0, 0.1) is 10.1 Å². The fourth-order valence-corrected chi connectivity index (χ4v) is 2.47. The van der Waals surface area contributed by atoms with Crippen LogP contribution in [0.1, 0.15) is 36.5 Å². The Balaban J connectivity index is 2.40. The summed E-state index contributed by atoms with van der Waals surface area (Å²) < 4.78 is 0. The van der Waals surface area contributed by atoms with Crippen molar-refractivity contribution in [2.45, 2.75) is 32.2 Å². The number of anilines is 1. The lowest BCUT2D eigenvalue weighted by molar-refractivity contribution is -0.385. The Bertz CT molecular complexity index is 518. The molecule has 0 radical (unpaired) electrons. The van der Waals surface area contributed by atoms with E-state index in [9.17, 15) is 14.9 Å². The van der Waals surface area contributed by atoms with Crippen LogP contribution in [0.3, 0.4) is 0 Å². The Morgan fingerprint density at radius 1 is 1.68 bits per heavy atom. The minimum atomic E-state index is -1.30. The van der Waals surface area contributed by atoms with Gasteiger partial charge >= 0.3 is 11.7 Å². The predicted octanol–water partition coefficient (Wildman–Crippen LogP) is 2.07. The lowest BCUT2D eigenvalue weighted by Crippen LogP contribution is -2.29. The molecule has 2 heterocycles. The molecule has 0 amide bonds. The van der Waals surface area contributed by atoms with Crippen LogP contribution in [0.2, 0.25) is 0 Å². The smallest absolute Gasteiger partial charge is 0.342 e. The largest absolute Gasteiger partial charge is 0.477 e. The van der Waals surface area contributed by atoms with Crippen molar-refractivity contribution < 1.29 is 14.8 Å². The normalized spacial score (nSPS) is 18.6. The van der Waals surface area contributed by atoms with Crippen molar-refractivity contribution in [3.05, 3.63) is 27.9 Å². The second-order valence-electron chi connectivity index (χ2n) is 4.52. The molecule has 1 aliphatic rings. The van der Waals surface area contributed by atoms with Gasteiger partial charge in [0.1, 0.15) is 17.6 Å². The van der Waals surface area contributed by atoms with Crippen LogP contribution in [-0.4, -0.2) is 33.6 Å². The molecule has 1 unspecified atom stereocenters. The highest BCUT2D eigenvalue weighted by molar-refractivity contribution is 5.93. The topological polar surface area (TPSA) is 96.6 Å². The molecule has 19 heavy (non-hydrogen) atoms. The van der Waals surface area contributed by atoms with Crippen molar-refractivity contribution in [2.75, 3.05) is 11.4 Å². The van der Waals surface area contributed by atoms with Gasteiger partial charge in [0.15, 0.2) is 0 Å². The van der Waals surface area contributed by atoms with E-state index in [1.807, 2.05) is 4.90 Å². The van der Waals surface area contributed by atoms with Crippen LogP contribution in [0.5, 0.6) is 0 Å². The zero-order valence-electron chi connectivity index (χ0n) is 10.6. The molecule has 0 aliphatic carbocycles. The third kappa shape index (κ3) is 2.49. The van der Waals surface area contributed by atoms with E-state index < -0.39 is 16.6 Å². The zero-order chi connectivity index (χ0) is 14.0. The molecule has 1 N–H and O–H groups in total. The third-order valence-corrected chi connectivity index (χ3v) is 3.44. The van der Waals surface area contributed by atoms with E-state index >= 15 is 0 Å². The summed E-state index contributed by atoms with van der Waals surface area (Å²) in [4.78, 5) is 27.2. The van der Waals surface area contributed by atoms with Crippen LogP contribution >= 0.6 is 0 Å². The van der Waals surface area contributed by atoms with Gasteiger partial charge in [-0.15, -0.1) is 0 Å². The molecule has 7 heteroatoms. The second kappa shape index (κ2) is 5.21. The Hall–Kier alpha value is -2.18. The van der Waals surface area contributed by atoms with Crippen LogP contribution < -0.4 is 4.90 Å². The molecule has 1 aromatic rings.